The maximum atomic E-state index is 13.5. The first-order chi connectivity index (χ1) is 20.1. The van der Waals surface area contributed by atoms with Crippen molar-refractivity contribution in [2.75, 3.05) is 19.5 Å². The zero-order chi connectivity index (χ0) is 30.1. The van der Waals surface area contributed by atoms with Gasteiger partial charge in [0.25, 0.3) is 5.91 Å². The van der Waals surface area contributed by atoms with Crippen LogP contribution in [0.5, 0.6) is 11.5 Å². The Kier molecular flexibility index (Phi) is 8.80. The third-order valence-electron chi connectivity index (χ3n) is 8.18. The fourth-order valence-corrected chi connectivity index (χ4v) is 7.77. The molecule has 10 heteroatoms. The van der Waals surface area contributed by atoms with Crippen LogP contribution in [0.3, 0.4) is 0 Å². The largest absolute Gasteiger partial charge is 0.496 e. The number of hydrogen-bond acceptors (Lipinski definition) is 6. The lowest BCUT2D eigenvalue weighted by atomic mass is 9.77. The molecule has 0 aliphatic heterocycles. The fraction of sp³-hybridized carbons (Fsp3) is 0.406. The molecule has 1 amide bonds. The van der Waals surface area contributed by atoms with Crippen molar-refractivity contribution in [1.82, 2.24) is 9.55 Å². The van der Waals surface area contributed by atoms with Crippen LogP contribution in [0.25, 0.3) is 10.9 Å². The average molecular weight is 610 g/mol. The molecule has 2 N–H and O–H groups in total. The number of nitrogens with zero attached hydrogens (tertiary/aromatic N) is 2. The van der Waals surface area contributed by atoms with Crippen LogP contribution in [0.2, 0.25) is 5.02 Å². The molecule has 2 aromatic carbocycles. The van der Waals surface area contributed by atoms with Gasteiger partial charge in [0, 0.05) is 21.9 Å². The van der Waals surface area contributed by atoms with Crippen LogP contribution in [0.4, 0.5) is 5.13 Å². The smallest absolute Gasteiger partial charge is 0.323 e. The van der Waals surface area contributed by atoms with Gasteiger partial charge in [0.2, 0.25) is 0 Å². The number of thiazole rings is 1. The zero-order valence-corrected chi connectivity index (χ0v) is 26.1. The molecule has 0 atom stereocenters. The second kappa shape index (κ2) is 12.4. The summed E-state index contributed by atoms with van der Waals surface area (Å²) in [5.41, 5.74) is 5.17. The second-order valence-corrected chi connectivity index (χ2v) is 12.4. The van der Waals surface area contributed by atoms with Crippen molar-refractivity contribution in [3.8, 4) is 11.5 Å². The number of nitrogens with one attached hydrogen (secondary N) is 1. The van der Waals surface area contributed by atoms with E-state index in [1.165, 1.54) is 16.2 Å². The lowest BCUT2D eigenvalue weighted by Gasteiger charge is -2.29. The highest BCUT2D eigenvalue weighted by atomic mass is 35.5. The van der Waals surface area contributed by atoms with E-state index < -0.39 is 5.97 Å². The maximum Gasteiger partial charge on any atom is 0.323 e. The van der Waals surface area contributed by atoms with Gasteiger partial charge < -0.3 is 19.1 Å². The van der Waals surface area contributed by atoms with E-state index in [1.807, 2.05) is 38.1 Å². The van der Waals surface area contributed by atoms with Gasteiger partial charge in [0.05, 0.1) is 30.5 Å². The van der Waals surface area contributed by atoms with Gasteiger partial charge in [-0.05, 0) is 81.5 Å². The van der Waals surface area contributed by atoms with Crippen molar-refractivity contribution in [2.24, 2.45) is 0 Å². The van der Waals surface area contributed by atoms with Crippen molar-refractivity contribution >= 4 is 50.8 Å². The number of carboxylic acid groups (broad SMARTS) is 1. The van der Waals surface area contributed by atoms with Gasteiger partial charge in [0.15, 0.2) is 5.13 Å². The number of halogens is 1. The first-order valence-corrected chi connectivity index (χ1v) is 15.4. The summed E-state index contributed by atoms with van der Waals surface area (Å²) in [6.07, 6.45) is 4.73. The molecule has 0 radical (unpaired) electrons. The number of carboxylic acids is 1. The highest BCUT2D eigenvalue weighted by Gasteiger charge is 2.30. The number of anilines is 1. The number of ether oxygens (including phenoxy) is 2. The Balaban J connectivity index is 1.36. The van der Waals surface area contributed by atoms with Gasteiger partial charge in [-0.3, -0.25) is 14.9 Å². The molecule has 4 aromatic rings. The Hall–Kier alpha value is -3.56. The summed E-state index contributed by atoms with van der Waals surface area (Å²) in [7, 11) is 3.28. The molecule has 0 spiro atoms. The molecule has 1 aliphatic carbocycles. The van der Waals surface area contributed by atoms with Gasteiger partial charge >= 0.3 is 5.97 Å². The summed E-state index contributed by atoms with van der Waals surface area (Å²) in [4.78, 5) is 31.2. The van der Waals surface area contributed by atoms with E-state index in [4.69, 9.17) is 26.1 Å². The van der Waals surface area contributed by atoms with Crippen molar-refractivity contribution < 1.29 is 24.2 Å². The number of benzene rings is 2. The Bertz CT molecular complexity index is 1650. The Morgan fingerprint density at radius 2 is 1.74 bits per heavy atom. The van der Waals surface area contributed by atoms with E-state index in [-0.39, 0.29) is 12.5 Å². The summed E-state index contributed by atoms with van der Waals surface area (Å²) in [5, 5.41) is 14.5. The van der Waals surface area contributed by atoms with Crippen LogP contribution in [0.1, 0.15) is 82.2 Å². The number of aliphatic carboxylic acids is 1. The summed E-state index contributed by atoms with van der Waals surface area (Å²) in [5.74, 6) is 0.758. The maximum absolute atomic E-state index is 13.5. The van der Waals surface area contributed by atoms with Gasteiger partial charge in [-0.15, -0.1) is 11.3 Å². The summed E-state index contributed by atoms with van der Waals surface area (Å²) < 4.78 is 12.7. The van der Waals surface area contributed by atoms with E-state index in [9.17, 15) is 14.7 Å². The molecule has 2 aromatic heterocycles. The quantitative estimate of drug-likeness (QED) is 0.201. The minimum Gasteiger partial charge on any atom is -0.496 e. The normalized spacial score (nSPS) is 16.9. The van der Waals surface area contributed by atoms with Gasteiger partial charge in [-0.25, -0.2) is 4.98 Å². The van der Waals surface area contributed by atoms with Crippen LogP contribution in [-0.2, 0) is 17.8 Å². The average Bonchev–Trinajstić information content (AvgIpc) is 3.53. The third-order valence-corrected chi connectivity index (χ3v) is 9.65. The summed E-state index contributed by atoms with van der Waals surface area (Å²) >= 11 is 7.86. The number of methoxy groups -OCH3 is 2. The number of rotatable bonds is 9. The van der Waals surface area contributed by atoms with E-state index in [0.29, 0.717) is 33.4 Å². The molecule has 5 rings (SSSR count). The summed E-state index contributed by atoms with van der Waals surface area (Å²) in [6.45, 7) is 5.70. The third kappa shape index (κ3) is 5.85. The molecule has 1 saturated carbocycles. The highest BCUT2D eigenvalue weighted by molar-refractivity contribution is 7.16. The van der Waals surface area contributed by atoms with Gasteiger partial charge in [0.1, 0.15) is 23.7 Å². The SMILES string of the molecule is CCc1nc(NC(=O)c2cc3cc(C)cc(C)c3n2CC(=O)O)sc1C1CCC(c2cc(OC)c(Cl)cc2OC)CC1. The van der Waals surface area contributed by atoms with Crippen LogP contribution in [0, 0.1) is 13.8 Å². The molecule has 2 heterocycles. The standard InChI is InChI=1S/C32H36ClN3O5S/c1-6-24-30(20-9-7-19(8-10-20)22-14-27(41-5)23(33)15-26(22)40-4)42-32(34-24)35-31(39)25-13-21-12-17(2)11-18(3)29(21)36(25)16-28(37)38/h11-15,19-20H,6-10,16H2,1-5H3,(H,37,38)(H,34,35,39). The molecule has 0 bridgehead atoms. The van der Waals surface area contributed by atoms with Crippen LogP contribution >= 0.6 is 22.9 Å². The number of amides is 1. The molecule has 0 unspecified atom stereocenters. The van der Waals surface area contributed by atoms with E-state index in [2.05, 4.69) is 12.2 Å². The van der Waals surface area contributed by atoms with Crippen molar-refractivity contribution in [2.45, 2.75) is 71.3 Å². The number of hydrogen-bond donors (Lipinski definition) is 2. The first-order valence-electron chi connectivity index (χ1n) is 14.2. The summed E-state index contributed by atoms with van der Waals surface area (Å²) in [6, 6.07) is 9.56. The van der Waals surface area contributed by atoms with Crippen molar-refractivity contribution in [3.05, 3.63) is 68.3 Å². The molecular weight excluding hydrogens is 574 g/mol. The van der Waals surface area contributed by atoms with E-state index in [0.717, 1.165) is 71.1 Å². The van der Waals surface area contributed by atoms with E-state index >= 15 is 0 Å². The monoisotopic (exact) mass is 609 g/mol. The van der Waals surface area contributed by atoms with Crippen molar-refractivity contribution in [1.29, 1.82) is 0 Å². The molecule has 222 valence electrons. The molecule has 1 fully saturated rings. The number of fused-ring (bicyclic) bond motifs is 1. The Labute approximate surface area is 254 Å². The van der Waals surface area contributed by atoms with Crippen molar-refractivity contribution in [3.63, 3.8) is 0 Å². The van der Waals surface area contributed by atoms with Gasteiger partial charge in [-0.1, -0.05) is 30.2 Å². The Morgan fingerprint density at radius 1 is 1.05 bits per heavy atom. The predicted molar refractivity (Wildman–Crippen MR) is 167 cm³/mol. The predicted octanol–water partition coefficient (Wildman–Crippen LogP) is 7.73. The minimum absolute atomic E-state index is 0.299. The molecule has 8 nitrogen and oxygen atoms in total. The number of carbonyl (C=O) groups is 2. The number of carbonyl (C=O) groups excluding carboxylic acids is 1. The van der Waals surface area contributed by atoms with Crippen LogP contribution in [-0.4, -0.2) is 40.8 Å². The van der Waals surface area contributed by atoms with Crippen LogP contribution in [0.15, 0.2) is 30.3 Å². The lowest BCUT2D eigenvalue weighted by Crippen LogP contribution is -2.20. The topological polar surface area (TPSA) is 103 Å². The molecule has 42 heavy (non-hydrogen) atoms. The van der Waals surface area contributed by atoms with Gasteiger partial charge in [-0.2, -0.15) is 0 Å². The molecular formula is C32H36ClN3O5S. The highest BCUT2D eigenvalue weighted by Crippen LogP contribution is 2.47. The minimum atomic E-state index is -1.00. The lowest BCUT2D eigenvalue weighted by molar-refractivity contribution is -0.137. The Morgan fingerprint density at radius 3 is 2.38 bits per heavy atom. The van der Waals surface area contributed by atoms with E-state index in [1.54, 1.807) is 24.9 Å². The molecule has 1 aliphatic rings. The number of aryl methyl sites for hydroxylation is 3. The fourth-order valence-electron chi connectivity index (χ4n) is 6.32. The zero-order valence-electron chi connectivity index (χ0n) is 24.5. The van der Waals surface area contributed by atoms with Crippen LogP contribution < -0.4 is 14.8 Å². The second-order valence-electron chi connectivity index (χ2n) is 10.9. The number of aromatic nitrogens is 2. The first kappa shape index (κ1) is 29.9. The molecule has 0 saturated heterocycles.